The molecule has 0 radical (unpaired) electrons. The summed E-state index contributed by atoms with van der Waals surface area (Å²) in [6.07, 6.45) is -0.858. The Bertz CT molecular complexity index is 1530. The number of carbonyl (C=O) groups is 1. The van der Waals surface area contributed by atoms with Crippen LogP contribution in [0.4, 0.5) is 24.8 Å². The number of alkyl halides is 3. The van der Waals surface area contributed by atoms with Crippen molar-refractivity contribution < 1.29 is 41.8 Å². The zero-order chi connectivity index (χ0) is 30.3. The lowest BCUT2D eigenvalue weighted by Crippen LogP contribution is -2.26. The molecular formula is C26H26F3N7O6. The molecule has 3 heterocycles. The van der Waals surface area contributed by atoms with E-state index in [4.69, 9.17) is 23.8 Å². The van der Waals surface area contributed by atoms with Gasteiger partial charge in [-0.1, -0.05) is 0 Å². The van der Waals surface area contributed by atoms with E-state index in [1.54, 1.807) is 18.2 Å². The third-order valence-electron chi connectivity index (χ3n) is 5.63. The third kappa shape index (κ3) is 7.02. The minimum atomic E-state index is -4.69. The van der Waals surface area contributed by atoms with Crippen molar-refractivity contribution >= 4 is 17.5 Å². The smallest absolute Gasteiger partial charge is 0.435 e. The van der Waals surface area contributed by atoms with E-state index >= 15 is 0 Å². The number of rotatable bonds is 12. The Morgan fingerprint density at radius 2 is 1.69 bits per heavy atom. The van der Waals surface area contributed by atoms with Crippen LogP contribution in [-0.4, -0.2) is 72.3 Å². The van der Waals surface area contributed by atoms with Gasteiger partial charge in [-0.2, -0.15) is 23.3 Å². The molecule has 3 aromatic heterocycles. The molecule has 1 amide bonds. The van der Waals surface area contributed by atoms with Crippen LogP contribution >= 0.6 is 0 Å². The summed E-state index contributed by atoms with van der Waals surface area (Å²) in [6.45, 7) is 0.327. The van der Waals surface area contributed by atoms with E-state index in [-0.39, 0.29) is 47.6 Å². The highest BCUT2D eigenvalue weighted by molar-refractivity contribution is 5.97. The van der Waals surface area contributed by atoms with Crippen LogP contribution in [0.1, 0.15) is 16.1 Å². The standard InChI is InChI=1S/C26H26F3N7O6/c1-38-7-8-42-35-23(37)19-9-15(13-30-24(19)41-4)20-14-31-25(32-16-10-17(39-2)12-18(11-16)40-3)33-22(20)36-6-5-21(34-36)26(27,28)29/h5-6,9-14H,7-8H2,1-4H3,(H,35,37)(H,31,32,33). The van der Waals surface area contributed by atoms with Gasteiger partial charge in [-0.3, -0.25) is 9.63 Å². The number of halogens is 3. The first-order valence-electron chi connectivity index (χ1n) is 12.1. The lowest BCUT2D eigenvalue weighted by atomic mass is 10.1. The summed E-state index contributed by atoms with van der Waals surface area (Å²) >= 11 is 0. The van der Waals surface area contributed by atoms with Crippen molar-refractivity contribution in [2.75, 3.05) is 47.0 Å². The van der Waals surface area contributed by atoms with Crippen LogP contribution in [0.25, 0.3) is 16.9 Å². The number of hydrogen-bond donors (Lipinski definition) is 2. The minimum absolute atomic E-state index is 0.0134. The molecule has 0 bridgehead atoms. The zero-order valence-electron chi connectivity index (χ0n) is 22.9. The lowest BCUT2D eigenvalue weighted by molar-refractivity contribution is -0.141. The predicted octanol–water partition coefficient (Wildman–Crippen LogP) is 3.82. The quantitative estimate of drug-likeness (QED) is 0.184. The molecule has 0 spiro atoms. The topological polar surface area (TPSA) is 144 Å². The molecule has 222 valence electrons. The zero-order valence-corrected chi connectivity index (χ0v) is 22.9. The first-order valence-corrected chi connectivity index (χ1v) is 12.1. The van der Waals surface area contributed by atoms with Crippen molar-refractivity contribution in [3.8, 4) is 34.3 Å². The van der Waals surface area contributed by atoms with E-state index in [0.29, 0.717) is 17.2 Å². The number of hydroxylamine groups is 1. The summed E-state index contributed by atoms with van der Waals surface area (Å²) in [5, 5.41) is 6.66. The van der Waals surface area contributed by atoms with E-state index in [2.05, 4.69) is 30.8 Å². The van der Waals surface area contributed by atoms with E-state index in [1.165, 1.54) is 46.9 Å². The molecule has 0 atom stereocenters. The van der Waals surface area contributed by atoms with E-state index in [9.17, 15) is 18.0 Å². The maximum Gasteiger partial charge on any atom is 0.435 e. The van der Waals surface area contributed by atoms with Crippen LogP contribution < -0.4 is 25.0 Å². The van der Waals surface area contributed by atoms with Gasteiger partial charge >= 0.3 is 6.18 Å². The number of carbonyl (C=O) groups excluding carboxylic acids is 1. The number of anilines is 2. The second kappa shape index (κ2) is 13.1. The number of nitrogens with zero attached hydrogens (tertiary/aromatic N) is 5. The predicted molar refractivity (Wildman–Crippen MR) is 142 cm³/mol. The minimum Gasteiger partial charge on any atom is -0.497 e. The van der Waals surface area contributed by atoms with Crippen molar-refractivity contribution in [2.24, 2.45) is 0 Å². The molecule has 0 aliphatic rings. The van der Waals surface area contributed by atoms with Crippen LogP contribution in [0.15, 0.2) is 48.9 Å². The molecule has 0 unspecified atom stereocenters. The van der Waals surface area contributed by atoms with Gasteiger partial charge in [0.2, 0.25) is 11.8 Å². The fraction of sp³-hybridized carbons (Fsp3) is 0.269. The number of ether oxygens (including phenoxy) is 4. The number of hydrogen-bond acceptors (Lipinski definition) is 11. The fourth-order valence-electron chi connectivity index (χ4n) is 3.63. The lowest BCUT2D eigenvalue weighted by Gasteiger charge is -2.14. The maximum absolute atomic E-state index is 13.4. The maximum atomic E-state index is 13.4. The Balaban J connectivity index is 1.78. The Morgan fingerprint density at radius 1 is 0.952 bits per heavy atom. The molecular weight excluding hydrogens is 563 g/mol. The molecule has 0 fully saturated rings. The van der Waals surface area contributed by atoms with Crippen LogP contribution in [-0.2, 0) is 15.8 Å². The molecule has 13 nitrogen and oxygen atoms in total. The van der Waals surface area contributed by atoms with Gasteiger partial charge in [-0.15, -0.1) is 0 Å². The fourth-order valence-corrected chi connectivity index (χ4v) is 3.63. The highest BCUT2D eigenvalue weighted by atomic mass is 19.4. The Labute approximate surface area is 237 Å². The monoisotopic (exact) mass is 589 g/mol. The molecule has 2 N–H and O–H groups in total. The molecule has 42 heavy (non-hydrogen) atoms. The van der Waals surface area contributed by atoms with Crippen molar-refractivity contribution in [1.82, 2.24) is 30.2 Å². The van der Waals surface area contributed by atoms with Gasteiger partial charge in [0, 0.05) is 60.7 Å². The van der Waals surface area contributed by atoms with Gasteiger partial charge in [0.25, 0.3) is 5.91 Å². The summed E-state index contributed by atoms with van der Waals surface area (Å²) in [5.41, 5.74) is 2.11. The Hall–Kier alpha value is -4.96. The first-order chi connectivity index (χ1) is 20.2. The Morgan fingerprint density at radius 3 is 2.31 bits per heavy atom. The SMILES string of the molecule is COCCONC(=O)c1cc(-c2cnc(Nc3cc(OC)cc(OC)c3)nc2-n2ccc(C(F)(F)F)n2)cnc1OC. The van der Waals surface area contributed by atoms with E-state index in [0.717, 1.165) is 16.9 Å². The van der Waals surface area contributed by atoms with Gasteiger partial charge in [-0.25, -0.2) is 20.1 Å². The van der Waals surface area contributed by atoms with Crippen molar-refractivity contribution in [2.45, 2.75) is 6.18 Å². The number of benzene rings is 1. The van der Waals surface area contributed by atoms with Gasteiger partial charge in [0.15, 0.2) is 11.5 Å². The molecule has 0 saturated carbocycles. The normalized spacial score (nSPS) is 11.2. The average molecular weight is 590 g/mol. The van der Waals surface area contributed by atoms with Gasteiger partial charge in [-0.05, 0) is 12.1 Å². The molecule has 0 aliphatic heterocycles. The highest BCUT2D eigenvalue weighted by Crippen LogP contribution is 2.32. The summed E-state index contributed by atoms with van der Waals surface area (Å²) in [4.78, 5) is 30.8. The summed E-state index contributed by atoms with van der Waals surface area (Å²) < 4.78 is 61.8. The second-order valence-corrected chi connectivity index (χ2v) is 8.35. The number of aromatic nitrogens is 5. The van der Waals surface area contributed by atoms with Gasteiger partial charge in [0.05, 0.1) is 34.5 Å². The molecule has 0 saturated heterocycles. The second-order valence-electron chi connectivity index (χ2n) is 8.35. The Kier molecular flexibility index (Phi) is 9.39. The molecule has 16 heteroatoms. The highest BCUT2D eigenvalue weighted by Gasteiger charge is 2.34. The van der Waals surface area contributed by atoms with Crippen LogP contribution in [0.5, 0.6) is 17.4 Å². The van der Waals surface area contributed by atoms with Crippen LogP contribution in [0, 0.1) is 0 Å². The number of methoxy groups -OCH3 is 4. The average Bonchev–Trinajstić information content (AvgIpc) is 3.50. The first kappa shape index (κ1) is 30.0. The number of pyridine rings is 1. The number of amides is 1. The van der Waals surface area contributed by atoms with Crippen molar-refractivity contribution in [3.05, 3.63) is 60.2 Å². The molecule has 4 aromatic rings. The number of nitrogens with one attached hydrogen (secondary N) is 2. The van der Waals surface area contributed by atoms with Gasteiger partial charge < -0.3 is 24.3 Å². The van der Waals surface area contributed by atoms with Crippen LogP contribution in [0.2, 0.25) is 0 Å². The van der Waals surface area contributed by atoms with Gasteiger partial charge in [0.1, 0.15) is 17.1 Å². The summed E-state index contributed by atoms with van der Waals surface area (Å²) in [6, 6.07) is 7.20. The molecule has 4 rings (SSSR count). The van der Waals surface area contributed by atoms with E-state index in [1.807, 2.05) is 0 Å². The third-order valence-corrected chi connectivity index (χ3v) is 5.63. The summed E-state index contributed by atoms with van der Waals surface area (Å²) in [7, 11) is 5.78. The van der Waals surface area contributed by atoms with Crippen molar-refractivity contribution in [1.29, 1.82) is 0 Å². The van der Waals surface area contributed by atoms with Crippen LogP contribution in [0.3, 0.4) is 0 Å². The molecule has 1 aromatic carbocycles. The van der Waals surface area contributed by atoms with Crippen molar-refractivity contribution in [3.63, 3.8) is 0 Å². The van der Waals surface area contributed by atoms with E-state index < -0.39 is 17.8 Å². The summed E-state index contributed by atoms with van der Waals surface area (Å²) in [5.74, 6) is 0.265. The largest absolute Gasteiger partial charge is 0.497 e. The molecule has 0 aliphatic carbocycles.